The molecule has 0 radical (unpaired) electrons. The van der Waals surface area contributed by atoms with Gasteiger partial charge >= 0.3 is 5.97 Å². The first-order chi connectivity index (χ1) is 6.46. The van der Waals surface area contributed by atoms with Crippen LogP contribution >= 0.6 is 0 Å². The van der Waals surface area contributed by atoms with Crippen molar-refractivity contribution in [2.24, 2.45) is 5.14 Å². The third-order valence-corrected chi connectivity index (χ3v) is 2.97. The first-order valence-corrected chi connectivity index (χ1v) is 5.42. The molecule has 7 nitrogen and oxygen atoms in total. The van der Waals surface area contributed by atoms with Crippen molar-refractivity contribution in [1.29, 1.82) is 0 Å². The molecule has 1 aliphatic rings. The highest BCUT2D eigenvalue weighted by molar-refractivity contribution is 7.86. The van der Waals surface area contributed by atoms with Crippen molar-refractivity contribution in [3.63, 3.8) is 0 Å². The lowest BCUT2D eigenvalue weighted by molar-refractivity contribution is -0.149. The molecular weight excluding hydrogens is 212 g/mol. The number of carbonyl (C=O) groups is 1. The highest BCUT2D eigenvalue weighted by Crippen LogP contribution is 2.10. The highest BCUT2D eigenvalue weighted by Gasteiger charge is 2.36. The van der Waals surface area contributed by atoms with Gasteiger partial charge in [0, 0.05) is 6.54 Å². The molecular formula is C6H12N2O5S. The van der Waals surface area contributed by atoms with E-state index >= 15 is 0 Å². The van der Waals surface area contributed by atoms with Gasteiger partial charge in [0.15, 0.2) is 0 Å². The molecule has 2 N–H and O–H groups in total. The normalized spacial score (nSPS) is 24.6. The van der Waals surface area contributed by atoms with Crippen molar-refractivity contribution < 1.29 is 22.7 Å². The Kier molecular flexibility index (Phi) is 3.43. The van der Waals surface area contributed by atoms with E-state index in [0.717, 1.165) is 4.31 Å². The first-order valence-electron chi connectivity index (χ1n) is 3.92. The molecule has 0 aliphatic carbocycles. The van der Waals surface area contributed by atoms with Crippen molar-refractivity contribution in [3.8, 4) is 0 Å². The second-order valence-corrected chi connectivity index (χ2v) is 4.27. The molecule has 1 atom stereocenters. The average Bonchev–Trinajstić information content (AvgIpc) is 2.15. The standard InChI is InChI=1S/C6H12N2O5S/c1-12-6(9)5-4-13-3-2-8(5)14(7,10)11/h5H,2-4H2,1H3,(H2,7,10,11). The van der Waals surface area contributed by atoms with Crippen molar-refractivity contribution in [1.82, 2.24) is 4.31 Å². The molecule has 0 aromatic rings. The SMILES string of the molecule is COC(=O)C1COCCN1S(N)(=O)=O. The number of morpholine rings is 1. The van der Waals surface area contributed by atoms with E-state index in [4.69, 9.17) is 9.88 Å². The van der Waals surface area contributed by atoms with Crippen LogP contribution in [0.3, 0.4) is 0 Å². The zero-order valence-corrected chi connectivity index (χ0v) is 8.49. The van der Waals surface area contributed by atoms with E-state index in [2.05, 4.69) is 4.74 Å². The van der Waals surface area contributed by atoms with Crippen LogP contribution in [0.1, 0.15) is 0 Å². The van der Waals surface area contributed by atoms with Gasteiger partial charge in [-0.1, -0.05) is 0 Å². The van der Waals surface area contributed by atoms with Crippen LogP contribution in [-0.2, 0) is 24.5 Å². The Morgan fingerprint density at radius 2 is 2.29 bits per heavy atom. The summed E-state index contributed by atoms with van der Waals surface area (Å²) in [5, 5.41) is 4.93. The van der Waals surface area contributed by atoms with Crippen LogP contribution in [0.15, 0.2) is 0 Å². The zero-order chi connectivity index (χ0) is 10.8. The van der Waals surface area contributed by atoms with Gasteiger partial charge in [0.2, 0.25) is 0 Å². The van der Waals surface area contributed by atoms with E-state index in [1.807, 2.05) is 0 Å². The fraction of sp³-hybridized carbons (Fsp3) is 0.833. The van der Waals surface area contributed by atoms with Gasteiger partial charge in [-0.2, -0.15) is 12.7 Å². The number of methoxy groups -OCH3 is 1. The molecule has 1 fully saturated rings. The van der Waals surface area contributed by atoms with Gasteiger partial charge in [-0.15, -0.1) is 0 Å². The summed E-state index contributed by atoms with van der Waals surface area (Å²) >= 11 is 0. The van der Waals surface area contributed by atoms with Crippen molar-refractivity contribution in [3.05, 3.63) is 0 Å². The lowest BCUT2D eigenvalue weighted by Gasteiger charge is -2.30. The predicted octanol–water partition coefficient (Wildman–Crippen LogP) is -1.94. The number of hydrogen-bond donors (Lipinski definition) is 1. The molecule has 1 unspecified atom stereocenters. The van der Waals surface area contributed by atoms with Crippen molar-refractivity contribution in [2.75, 3.05) is 26.9 Å². The number of ether oxygens (including phenoxy) is 2. The van der Waals surface area contributed by atoms with Crippen LogP contribution in [0.5, 0.6) is 0 Å². The highest BCUT2D eigenvalue weighted by atomic mass is 32.2. The summed E-state index contributed by atoms with van der Waals surface area (Å²) in [7, 11) is -2.70. The second-order valence-electron chi connectivity index (χ2n) is 2.77. The predicted molar refractivity (Wildman–Crippen MR) is 46.4 cm³/mol. The van der Waals surface area contributed by atoms with Crippen LogP contribution in [0, 0.1) is 0 Å². The summed E-state index contributed by atoms with van der Waals surface area (Å²) in [5.41, 5.74) is 0. The largest absolute Gasteiger partial charge is 0.468 e. The van der Waals surface area contributed by atoms with Gasteiger partial charge in [-0.3, -0.25) is 4.79 Å². The van der Waals surface area contributed by atoms with Gasteiger partial charge in [0.1, 0.15) is 6.04 Å². The monoisotopic (exact) mass is 224 g/mol. The molecule has 0 bridgehead atoms. The molecule has 1 aliphatic heterocycles. The minimum Gasteiger partial charge on any atom is -0.468 e. The lowest BCUT2D eigenvalue weighted by atomic mass is 10.3. The molecule has 0 aromatic heterocycles. The van der Waals surface area contributed by atoms with E-state index in [1.165, 1.54) is 7.11 Å². The molecule has 1 rings (SSSR count). The Morgan fingerprint density at radius 1 is 1.64 bits per heavy atom. The van der Waals surface area contributed by atoms with Crippen LogP contribution in [-0.4, -0.2) is 51.6 Å². The Balaban J connectivity index is 2.85. The molecule has 0 spiro atoms. The van der Waals surface area contributed by atoms with Crippen molar-refractivity contribution in [2.45, 2.75) is 6.04 Å². The summed E-state index contributed by atoms with van der Waals surface area (Å²) in [6.45, 7) is 0.269. The van der Waals surface area contributed by atoms with E-state index in [0.29, 0.717) is 0 Å². The molecule has 0 saturated carbocycles. The molecule has 1 heterocycles. The lowest BCUT2D eigenvalue weighted by Crippen LogP contribution is -2.54. The Morgan fingerprint density at radius 3 is 2.79 bits per heavy atom. The fourth-order valence-corrected chi connectivity index (χ4v) is 2.05. The number of hydrogen-bond acceptors (Lipinski definition) is 5. The van der Waals surface area contributed by atoms with Crippen LogP contribution in [0.25, 0.3) is 0 Å². The second kappa shape index (κ2) is 4.22. The third-order valence-electron chi connectivity index (χ3n) is 1.88. The van der Waals surface area contributed by atoms with Crippen molar-refractivity contribution >= 4 is 16.2 Å². The summed E-state index contributed by atoms with van der Waals surface area (Å²) in [4.78, 5) is 11.2. The van der Waals surface area contributed by atoms with Gasteiger partial charge in [0.25, 0.3) is 10.2 Å². The first kappa shape index (κ1) is 11.4. The van der Waals surface area contributed by atoms with Crippen LogP contribution in [0.4, 0.5) is 0 Å². The Labute approximate surface area is 81.9 Å². The quantitative estimate of drug-likeness (QED) is 0.550. The van der Waals surface area contributed by atoms with Crippen LogP contribution in [0.2, 0.25) is 0 Å². The van der Waals surface area contributed by atoms with Crippen LogP contribution < -0.4 is 5.14 Å². The van der Waals surface area contributed by atoms with E-state index < -0.39 is 22.2 Å². The summed E-state index contributed by atoms with van der Waals surface area (Å²) in [6, 6.07) is -0.969. The summed E-state index contributed by atoms with van der Waals surface area (Å²) < 4.78 is 32.4. The van der Waals surface area contributed by atoms with E-state index in [9.17, 15) is 13.2 Å². The average molecular weight is 224 g/mol. The summed E-state index contributed by atoms with van der Waals surface area (Å²) in [5.74, 6) is -0.668. The minimum atomic E-state index is -3.88. The number of nitrogens with zero attached hydrogens (tertiary/aromatic N) is 1. The maximum absolute atomic E-state index is 11.2. The topological polar surface area (TPSA) is 98.9 Å². The van der Waals surface area contributed by atoms with Gasteiger partial charge < -0.3 is 9.47 Å². The fourth-order valence-electron chi connectivity index (χ4n) is 1.21. The third kappa shape index (κ3) is 2.41. The number of esters is 1. The number of rotatable bonds is 2. The summed E-state index contributed by atoms with van der Waals surface area (Å²) in [6.07, 6.45) is 0. The number of nitrogens with two attached hydrogens (primary N) is 1. The van der Waals surface area contributed by atoms with Gasteiger partial charge in [-0.25, -0.2) is 5.14 Å². The van der Waals surface area contributed by atoms with Gasteiger partial charge in [0.05, 0.1) is 20.3 Å². The molecule has 0 aromatic carbocycles. The maximum Gasteiger partial charge on any atom is 0.326 e. The molecule has 14 heavy (non-hydrogen) atoms. The molecule has 1 saturated heterocycles. The molecule has 82 valence electrons. The molecule has 0 amide bonds. The zero-order valence-electron chi connectivity index (χ0n) is 7.67. The maximum atomic E-state index is 11.2. The molecule has 8 heteroatoms. The smallest absolute Gasteiger partial charge is 0.326 e. The van der Waals surface area contributed by atoms with Gasteiger partial charge in [-0.05, 0) is 0 Å². The van der Waals surface area contributed by atoms with E-state index in [1.54, 1.807) is 0 Å². The minimum absolute atomic E-state index is 0.0247. The van der Waals surface area contributed by atoms with E-state index in [-0.39, 0.29) is 19.8 Å². The Hall–Kier alpha value is -0.700. The number of carbonyl (C=O) groups excluding carboxylic acids is 1. The Bertz CT molecular complexity index is 314.